The highest BCUT2D eigenvalue weighted by Gasteiger charge is 2.28. The van der Waals surface area contributed by atoms with Gasteiger partial charge in [-0.25, -0.2) is 4.98 Å². The van der Waals surface area contributed by atoms with Crippen molar-refractivity contribution in [3.05, 3.63) is 47.0 Å². The van der Waals surface area contributed by atoms with E-state index in [1.54, 1.807) is 0 Å². The number of benzene rings is 1. The van der Waals surface area contributed by atoms with Crippen molar-refractivity contribution in [2.45, 2.75) is 19.5 Å². The topological polar surface area (TPSA) is 77.3 Å². The van der Waals surface area contributed by atoms with Crippen molar-refractivity contribution in [3.8, 4) is 0 Å². The SMILES string of the molecule is CN1CCN(c2nc3n[nH]c(N)c3c3c2CN(Cc2ccccc2)CC3)CC1. The lowest BCUT2D eigenvalue weighted by Gasteiger charge is -2.37. The minimum atomic E-state index is 0.639. The Hall–Kier alpha value is -2.64. The largest absolute Gasteiger partial charge is 0.384 e. The van der Waals surface area contributed by atoms with Gasteiger partial charge in [-0.05, 0) is 24.6 Å². The average Bonchev–Trinajstić information content (AvgIpc) is 3.10. The molecule has 4 heterocycles. The number of piperazine rings is 1. The number of likely N-dealkylation sites (N-methyl/N-ethyl adjacent to an activating group) is 1. The molecule has 0 radical (unpaired) electrons. The molecule has 0 spiro atoms. The van der Waals surface area contributed by atoms with Gasteiger partial charge in [-0.1, -0.05) is 30.3 Å². The first-order valence-electron chi connectivity index (χ1n) is 10.0. The van der Waals surface area contributed by atoms with Crippen LogP contribution in [0.4, 0.5) is 11.6 Å². The van der Waals surface area contributed by atoms with Gasteiger partial charge in [0.05, 0.1) is 5.39 Å². The molecule has 0 aliphatic carbocycles. The number of aromatic amines is 1. The fourth-order valence-electron chi connectivity index (χ4n) is 4.45. The Bertz CT molecular complexity index is 973. The van der Waals surface area contributed by atoms with Gasteiger partial charge in [0.15, 0.2) is 5.65 Å². The standard InChI is InChI=1S/C21H27N7/c1-26-9-11-28(12-10-26)21-17-14-27(13-15-5-3-2-4-6-15)8-7-16(17)18-19(22)24-25-20(18)23-21/h2-6H,7-14H2,1H3,(H3,22,23,24,25). The molecule has 1 saturated heterocycles. The number of nitrogens with zero attached hydrogens (tertiary/aromatic N) is 5. The zero-order valence-electron chi connectivity index (χ0n) is 16.4. The van der Waals surface area contributed by atoms with Crippen LogP contribution in [0.25, 0.3) is 11.0 Å². The molecule has 7 nitrogen and oxygen atoms in total. The van der Waals surface area contributed by atoms with Crippen LogP contribution in [-0.4, -0.2) is 64.8 Å². The minimum Gasteiger partial charge on any atom is -0.384 e. The fourth-order valence-corrected chi connectivity index (χ4v) is 4.45. The molecule has 5 rings (SSSR count). The molecule has 0 amide bonds. The number of H-pyrrole nitrogens is 1. The van der Waals surface area contributed by atoms with E-state index in [-0.39, 0.29) is 0 Å². The van der Waals surface area contributed by atoms with Crippen LogP contribution < -0.4 is 10.6 Å². The Labute approximate surface area is 165 Å². The summed E-state index contributed by atoms with van der Waals surface area (Å²) in [6, 6.07) is 10.7. The van der Waals surface area contributed by atoms with Gasteiger partial charge in [0.1, 0.15) is 11.6 Å². The van der Waals surface area contributed by atoms with Gasteiger partial charge in [0.25, 0.3) is 0 Å². The molecule has 28 heavy (non-hydrogen) atoms. The number of hydrogen-bond donors (Lipinski definition) is 2. The van der Waals surface area contributed by atoms with E-state index in [2.05, 4.69) is 62.3 Å². The summed E-state index contributed by atoms with van der Waals surface area (Å²) in [5.41, 5.74) is 11.0. The van der Waals surface area contributed by atoms with Gasteiger partial charge >= 0.3 is 0 Å². The molecule has 0 unspecified atom stereocenters. The molecule has 0 bridgehead atoms. The van der Waals surface area contributed by atoms with E-state index in [0.29, 0.717) is 5.82 Å². The van der Waals surface area contributed by atoms with Crippen molar-refractivity contribution in [2.24, 2.45) is 0 Å². The number of aromatic nitrogens is 3. The van der Waals surface area contributed by atoms with E-state index in [0.717, 1.165) is 69.1 Å². The maximum atomic E-state index is 6.21. The molecule has 3 aromatic rings. The molecular formula is C21H27N7. The predicted octanol–water partition coefficient (Wildman–Crippen LogP) is 1.85. The molecule has 2 aromatic heterocycles. The maximum Gasteiger partial charge on any atom is 0.185 e. The van der Waals surface area contributed by atoms with Crippen LogP contribution in [0, 0.1) is 0 Å². The Morgan fingerprint density at radius 2 is 1.82 bits per heavy atom. The van der Waals surface area contributed by atoms with Crippen LogP contribution in [0.2, 0.25) is 0 Å². The molecule has 1 fully saturated rings. The summed E-state index contributed by atoms with van der Waals surface area (Å²) in [6.45, 7) is 7.00. The quantitative estimate of drug-likeness (QED) is 0.725. The second-order valence-electron chi connectivity index (χ2n) is 7.96. The Morgan fingerprint density at radius 1 is 1.04 bits per heavy atom. The smallest absolute Gasteiger partial charge is 0.185 e. The first-order valence-corrected chi connectivity index (χ1v) is 10.0. The summed E-state index contributed by atoms with van der Waals surface area (Å²) in [5, 5.41) is 8.33. The van der Waals surface area contributed by atoms with Crippen LogP contribution in [0.3, 0.4) is 0 Å². The van der Waals surface area contributed by atoms with Crippen molar-refractivity contribution in [3.63, 3.8) is 0 Å². The second-order valence-corrected chi connectivity index (χ2v) is 7.96. The molecule has 2 aliphatic rings. The first kappa shape index (κ1) is 17.5. The summed E-state index contributed by atoms with van der Waals surface area (Å²) in [6.07, 6.45) is 0.978. The fraction of sp³-hybridized carbons (Fsp3) is 0.429. The number of nitrogen functional groups attached to an aromatic ring is 1. The average molecular weight is 377 g/mol. The maximum absolute atomic E-state index is 6.21. The van der Waals surface area contributed by atoms with E-state index in [9.17, 15) is 0 Å². The number of pyridine rings is 1. The summed E-state index contributed by atoms with van der Waals surface area (Å²) in [5.74, 6) is 1.74. The van der Waals surface area contributed by atoms with Gasteiger partial charge in [-0.15, -0.1) is 0 Å². The summed E-state index contributed by atoms with van der Waals surface area (Å²) >= 11 is 0. The van der Waals surface area contributed by atoms with Gasteiger partial charge in [-0.2, -0.15) is 5.10 Å². The molecule has 7 heteroatoms. The number of anilines is 2. The molecule has 1 aromatic carbocycles. The van der Waals surface area contributed by atoms with Crippen molar-refractivity contribution in [1.29, 1.82) is 0 Å². The van der Waals surface area contributed by atoms with Crippen molar-refractivity contribution in [1.82, 2.24) is 25.0 Å². The van der Waals surface area contributed by atoms with E-state index in [1.807, 2.05) is 0 Å². The lowest BCUT2D eigenvalue weighted by molar-refractivity contribution is 0.245. The van der Waals surface area contributed by atoms with Gasteiger partial charge in [0, 0.05) is 51.4 Å². The summed E-state index contributed by atoms with van der Waals surface area (Å²) < 4.78 is 0. The van der Waals surface area contributed by atoms with Crippen molar-refractivity contribution < 1.29 is 0 Å². The molecule has 0 atom stereocenters. The zero-order chi connectivity index (χ0) is 19.1. The van der Waals surface area contributed by atoms with Gasteiger partial charge in [-0.3, -0.25) is 10.00 Å². The van der Waals surface area contributed by atoms with E-state index < -0.39 is 0 Å². The highest BCUT2D eigenvalue weighted by Crippen LogP contribution is 2.35. The van der Waals surface area contributed by atoms with Crippen LogP contribution >= 0.6 is 0 Å². The molecule has 2 aliphatic heterocycles. The third-order valence-electron chi connectivity index (χ3n) is 6.03. The number of fused-ring (bicyclic) bond motifs is 3. The Balaban J connectivity index is 1.52. The number of rotatable bonds is 3. The van der Waals surface area contributed by atoms with E-state index >= 15 is 0 Å². The minimum absolute atomic E-state index is 0.639. The molecular weight excluding hydrogens is 350 g/mol. The summed E-state index contributed by atoms with van der Waals surface area (Å²) in [7, 11) is 2.18. The highest BCUT2D eigenvalue weighted by molar-refractivity contribution is 5.92. The number of nitrogens with two attached hydrogens (primary N) is 1. The Morgan fingerprint density at radius 3 is 2.61 bits per heavy atom. The first-order chi connectivity index (χ1) is 13.7. The molecule has 3 N–H and O–H groups in total. The second kappa shape index (κ2) is 7.07. The lowest BCUT2D eigenvalue weighted by Crippen LogP contribution is -2.45. The normalized spacial score (nSPS) is 18.5. The van der Waals surface area contributed by atoms with Crippen LogP contribution in [0.15, 0.2) is 30.3 Å². The van der Waals surface area contributed by atoms with Crippen LogP contribution in [-0.2, 0) is 19.5 Å². The Kier molecular flexibility index (Phi) is 4.41. The third kappa shape index (κ3) is 3.10. The monoisotopic (exact) mass is 377 g/mol. The summed E-state index contributed by atoms with van der Waals surface area (Å²) in [4.78, 5) is 12.3. The molecule has 146 valence electrons. The number of nitrogens with one attached hydrogen (secondary N) is 1. The zero-order valence-corrected chi connectivity index (χ0v) is 16.4. The van der Waals surface area contributed by atoms with Crippen molar-refractivity contribution in [2.75, 3.05) is 50.4 Å². The van der Waals surface area contributed by atoms with Gasteiger partial charge in [0.2, 0.25) is 0 Å². The molecule has 0 saturated carbocycles. The van der Waals surface area contributed by atoms with Gasteiger partial charge < -0.3 is 15.5 Å². The lowest BCUT2D eigenvalue weighted by atomic mass is 9.96. The van der Waals surface area contributed by atoms with Crippen LogP contribution in [0.1, 0.15) is 16.7 Å². The highest BCUT2D eigenvalue weighted by atomic mass is 15.3. The van der Waals surface area contributed by atoms with E-state index in [1.165, 1.54) is 16.7 Å². The third-order valence-corrected chi connectivity index (χ3v) is 6.03. The number of hydrogen-bond acceptors (Lipinski definition) is 6. The van der Waals surface area contributed by atoms with Crippen LogP contribution in [0.5, 0.6) is 0 Å². The van der Waals surface area contributed by atoms with E-state index in [4.69, 9.17) is 10.7 Å². The van der Waals surface area contributed by atoms with Crippen molar-refractivity contribution >= 4 is 22.7 Å². The predicted molar refractivity (Wildman–Crippen MR) is 112 cm³/mol.